The summed E-state index contributed by atoms with van der Waals surface area (Å²) >= 11 is 1.48. The van der Waals surface area contributed by atoms with E-state index in [1.54, 1.807) is 0 Å². The van der Waals surface area contributed by atoms with Crippen LogP contribution in [0.25, 0.3) is 0 Å². The third-order valence-electron chi connectivity index (χ3n) is 1.49. The quantitative estimate of drug-likeness (QED) is 0.564. The Hall–Kier alpha value is -0.260. The summed E-state index contributed by atoms with van der Waals surface area (Å²) in [5.74, 6) is -0.583. The average Bonchev–Trinajstić information content (AvgIpc) is 2.00. The SMILES string of the molecule is CC(CN)SC[C@](C)(N)C(=O)O. The van der Waals surface area contributed by atoms with Crippen molar-refractivity contribution in [3.8, 4) is 0 Å². The third kappa shape index (κ3) is 3.94. The molecule has 2 atom stereocenters. The number of carboxylic acid groups (broad SMARTS) is 1. The van der Waals surface area contributed by atoms with E-state index in [9.17, 15) is 4.79 Å². The first-order chi connectivity index (χ1) is 5.40. The van der Waals surface area contributed by atoms with Gasteiger partial charge in [0.25, 0.3) is 0 Å². The molecule has 0 heterocycles. The Balaban J connectivity index is 3.83. The van der Waals surface area contributed by atoms with Gasteiger partial charge in [0.1, 0.15) is 5.54 Å². The Labute approximate surface area is 76.7 Å². The van der Waals surface area contributed by atoms with Crippen LogP contribution in [0.5, 0.6) is 0 Å². The highest BCUT2D eigenvalue weighted by Gasteiger charge is 2.28. The number of carbonyl (C=O) groups is 1. The van der Waals surface area contributed by atoms with Crippen LogP contribution in [0.1, 0.15) is 13.8 Å². The first-order valence-corrected chi connectivity index (χ1v) is 4.79. The van der Waals surface area contributed by atoms with Crippen LogP contribution in [0.3, 0.4) is 0 Å². The van der Waals surface area contributed by atoms with Crippen molar-refractivity contribution in [1.82, 2.24) is 0 Å². The standard InChI is InChI=1S/C7H16N2O2S/c1-5(3-8)12-4-7(2,9)6(10)11/h5H,3-4,8-9H2,1-2H3,(H,10,11)/t5?,7-/m0/s1. The summed E-state index contributed by atoms with van der Waals surface area (Å²) < 4.78 is 0. The van der Waals surface area contributed by atoms with Crippen LogP contribution in [-0.2, 0) is 4.79 Å². The van der Waals surface area contributed by atoms with Gasteiger partial charge in [0.2, 0.25) is 0 Å². The molecule has 4 nitrogen and oxygen atoms in total. The molecule has 0 saturated carbocycles. The zero-order valence-electron chi connectivity index (χ0n) is 7.41. The van der Waals surface area contributed by atoms with Gasteiger partial charge >= 0.3 is 5.97 Å². The van der Waals surface area contributed by atoms with Gasteiger partial charge in [-0.2, -0.15) is 11.8 Å². The number of carboxylic acids is 1. The minimum absolute atomic E-state index is 0.257. The topological polar surface area (TPSA) is 89.3 Å². The summed E-state index contributed by atoms with van der Waals surface area (Å²) in [6.45, 7) is 3.99. The van der Waals surface area contributed by atoms with Gasteiger partial charge in [-0.15, -0.1) is 0 Å². The second-order valence-electron chi connectivity index (χ2n) is 3.08. The molecule has 1 unspecified atom stereocenters. The van der Waals surface area contributed by atoms with Crippen molar-refractivity contribution in [2.75, 3.05) is 12.3 Å². The Morgan fingerprint density at radius 3 is 2.58 bits per heavy atom. The smallest absolute Gasteiger partial charge is 0.324 e. The maximum Gasteiger partial charge on any atom is 0.324 e. The number of hydrogen-bond donors (Lipinski definition) is 3. The van der Waals surface area contributed by atoms with Gasteiger partial charge in [0.15, 0.2) is 0 Å². The van der Waals surface area contributed by atoms with Crippen molar-refractivity contribution in [2.24, 2.45) is 11.5 Å². The number of nitrogens with two attached hydrogens (primary N) is 2. The molecule has 0 aliphatic heterocycles. The highest BCUT2D eigenvalue weighted by atomic mass is 32.2. The Morgan fingerprint density at radius 2 is 2.25 bits per heavy atom. The van der Waals surface area contributed by atoms with Crippen molar-refractivity contribution < 1.29 is 9.90 Å². The van der Waals surface area contributed by atoms with Crippen LogP contribution in [0.15, 0.2) is 0 Å². The van der Waals surface area contributed by atoms with Crippen molar-refractivity contribution in [1.29, 1.82) is 0 Å². The largest absolute Gasteiger partial charge is 0.480 e. The van der Waals surface area contributed by atoms with Gasteiger partial charge in [-0.1, -0.05) is 6.92 Å². The highest BCUT2D eigenvalue weighted by Crippen LogP contribution is 2.15. The van der Waals surface area contributed by atoms with Crippen molar-refractivity contribution in [2.45, 2.75) is 24.6 Å². The van der Waals surface area contributed by atoms with E-state index < -0.39 is 11.5 Å². The van der Waals surface area contributed by atoms with E-state index in [-0.39, 0.29) is 5.25 Å². The van der Waals surface area contributed by atoms with E-state index in [1.807, 2.05) is 6.92 Å². The van der Waals surface area contributed by atoms with Crippen LogP contribution in [0, 0.1) is 0 Å². The van der Waals surface area contributed by atoms with Gasteiger partial charge in [-0.05, 0) is 6.92 Å². The monoisotopic (exact) mass is 192 g/mol. The lowest BCUT2D eigenvalue weighted by molar-refractivity contribution is -0.141. The summed E-state index contributed by atoms with van der Waals surface area (Å²) in [7, 11) is 0. The van der Waals surface area contributed by atoms with Gasteiger partial charge in [0, 0.05) is 17.5 Å². The zero-order chi connectivity index (χ0) is 9.78. The molecule has 0 saturated heterocycles. The second kappa shape index (κ2) is 4.69. The fraction of sp³-hybridized carbons (Fsp3) is 0.857. The molecule has 0 spiro atoms. The molecule has 0 bridgehead atoms. The number of hydrogen-bond acceptors (Lipinski definition) is 4. The molecule has 0 radical (unpaired) electrons. The van der Waals surface area contributed by atoms with Crippen LogP contribution in [0.4, 0.5) is 0 Å². The maximum atomic E-state index is 10.6. The number of thioether (sulfide) groups is 1. The van der Waals surface area contributed by atoms with E-state index in [0.29, 0.717) is 12.3 Å². The Kier molecular flexibility index (Phi) is 4.59. The molecule has 5 N–H and O–H groups in total. The van der Waals surface area contributed by atoms with Crippen LogP contribution in [-0.4, -0.2) is 34.2 Å². The molecule has 0 aliphatic rings. The van der Waals surface area contributed by atoms with Gasteiger partial charge < -0.3 is 16.6 Å². The van der Waals surface area contributed by atoms with E-state index in [4.69, 9.17) is 16.6 Å². The number of aliphatic carboxylic acids is 1. The van der Waals surface area contributed by atoms with Gasteiger partial charge in [-0.3, -0.25) is 4.79 Å². The molecule has 0 aliphatic carbocycles. The van der Waals surface area contributed by atoms with Crippen molar-refractivity contribution >= 4 is 17.7 Å². The zero-order valence-corrected chi connectivity index (χ0v) is 8.23. The molecule has 0 aromatic carbocycles. The first-order valence-electron chi connectivity index (χ1n) is 3.74. The first kappa shape index (κ1) is 11.7. The van der Waals surface area contributed by atoms with Crippen LogP contribution < -0.4 is 11.5 Å². The molecule has 0 rings (SSSR count). The Morgan fingerprint density at radius 1 is 1.75 bits per heavy atom. The van der Waals surface area contributed by atoms with E-state index in [1.165, 1.54) is 18.7 Å². The van der Waals surface area contributed by atoms with Crippen molar-refractivity contribution in [3.63, 3.8) is 0 Å². The fourth-order valence-corrected chi connectivity index (χ4v) is 1.34. The van der Waals surface area contributed by atoms with E-state index >= 15 is 0 Å². The summed E-state index contributed by atoms with van der Waals surface area (Å²) in [6, 6.07) is 0. The minimum atomic E-state index is -1.14. The molecule has 0 amide bonds. The lowest BCUT2D eigenvalue weighted by atomic mass is 10.1. The summed E-state index contributed by atoms with van der Waals surface area (Å²) in [5, 5.41) is 8.91. The van der Waals surface area contributed by atoms with Crippen LogP contribution in [0.2, 0.25) is 0 Å². The summed E-state index contributed by atoms with van der Waals surface area (Å²) in [6.07, 6.45) is 0. The predicted molar refractivity (Wildman–Crippen MR) is 51.2 cm³/mol. The van der Waals surface area contributed by atoms with E-state index in [2.05, 4.69) is 0 Å². The third-order valence-corrected chi connectivity index (χ3v) is 3.02. The Bertz CT molecular complexity index is 161. The molecule has 72 valence electrons. The summed E-state index contributed by atoms with van der Waals surface area (Å²) in [4.78, 5) is 10.6. The average molecular weight is 192 g/mol. The highest BCUT2D eigenvalue weighted by molar-refractivity contribution is 8.00. The second-order valence-corrected chi connectivity index (χ2v) is 4.51. The molecule has 0 aromatic heterocycles. The predicted octanol–water partition coefficient (Wildman–Crippen LogP) is -0.131. The molecule has 12 heavy (non-hydrogen) atoms. The number of rotatable bonds is 5. The lowest BCUT2D eigenvalue weighted by Crippen LogP contribution is -2.47. The van der Waals surface area contributed by atoms with Gasteiger partial charge in [0.05, 0.1) is 0 Å². The van der Waals surface area contributed by atoms with Crippen LogP contribution >= 0.6 is 11.8 Å². The normalized spacial score (nSPS) is 18.3. The maximum absolute atomic E-state index is 10.6. The molecule has 0 fully saturated rings. The minimum Gasteiger partial charge on any atom is -0.480 e. The fourth-order valence-electron chi connectivity index (χ4n) is 0.445. The molecule has 5 heteroatoms. The lowest BCUT2D eigenvalue weighted by Gasteiger charge is -2.20. The van der Waals surface area contributed by atoms with Crippen molar-refractivity contribution in [3.05, 3.63) is 0 Å². The molecule has 0 aromatic rings. The van der Waals surface area contributed by atoms with Gasteiger partial charge in [-0.25, -0.2) is 0 Å². The molecular formula is C7H16N2O2S. The summed E-state index contributed by atoms with van der Waals surface area (Å²) in [5.41, 5.74) is 9.73. The molecular weight excluding hydrogens is 176 g/mol. The van der Waals surface area contributed by atoms with E-state index in [0.717, 1.165) is 0 Å².